The van der Waals surface area contributed by atoms with Crippen molar-refractivity contribution < 1.29 is 13.2 Å². The van der Waals surface area contributed by atoms with Crippen LogP contribution in [0.3, 0.4) is 0 Å². The number of nitrogens with zero attached hydrogens (tertiary/aromatic N) is 5. The first-order valence-corrected chi connectivity index (χ1v) is 9.01. The van der Waals surface area contributed by atoms with E-state index in [1.54, 1.807) is 4.90 Å². The molecule has 0 saturated heterocycles. The number of hydrogen-bond donors (Lipinski definition) is 0. The topological polar surface area (TPSA) is 45.8 Å². The zero-order valence-corrected chi connectivity index (χ0v) is 14.8. The first kappa shape index (κ1) is 17.0. The minimum absolute atomic E-state index is 0.279. The number of aliphatic imine (C=N–C) groups is 2. The van der Waals surface area contributed by atoms with Crippen LogP contribution in [0.5, 0.6) is 0 Å². The van der Waals surface area contributed by atoms with Crippen molar-refractivity contribution in [2.45, 2.75) is 24.9 Å². The maximum absolute atomic E-state index is 12.9. The van der Waals surface area contributed by atoms with E-state index in [0.29, 0.717) is 17.6 Å². The zero-order chi connectivity index (χ0) is 19.3. The number of aromatic nitrogens is 2. The molecule has 1 aromatic heterocycles. The summed E-state index contributed by atoms with van der Waals surface area (Å²) in [5.41, 5.74) is 1.72. The summed E-state index contributed by atoms with van der Waals surface area (Å²) in [6.45, 7) is 0.279. The Labute approximate surface area is 158 Å². The standard InChI is InChI=1S/C20H16F3N5/c21-20(22,23)14-7-9-15(10-8-14)27-12-24-11-25-19(27)28-17-4-2-1-3-16(17)26-18(28)13-5-6-13/h1-4,7-11,13H,5-6,12H2. The maximum atomic E-state index is 12.9. The molecule has 0 radical (unpaired) electrons. The Kier molecular flexibility index (Phi) is 3.75. The zero-order valence-electron chi connectivity index (χ0n) is 14.8. The minimum atomic E-state index is -4.37. The van der Waals surface area contributed by atoms with Crippen molar-refractivity contribution >= 4 is 29.0 Å². The molecule has 28 heavy (non-hydrogen) atoms. The average Bonchev–Trinajstić information content (AvgIpc) is 3.47. The maximum Gasteiger partial charge on any atom is 0.416 e. The number of fused-ring (bicyclic) bond motifs is 1. The van der Waals surface area contributed by atoms with Crippen LogP contribution >= 0.6 is 0 Å². The fourth-order valence-corrected chi connectivity index (χ4v) is 3.42. The van der Waals surface area contributed by atoms with Crippen LogP contribution in [0.4, 0.5) is 18.9 Å². The van der Waals surface area contributed by atoms with Gasteiger partial charge in [0, 0.05) is 11.6 Å². The SMILES string of the molecule is FC(F)(F)c1ccc(N2CN=CN=C2n2c(C3CC3)nc3ccccc32)cc1. The van der Waals surface area contributed by atoms with Gasteiger partial charge >= 0.3 is 6.18 Å². The quantitative estimate of drug-likeness (QED) is 0.647. The van der Waals surface area contributed by atoms with Gasteiger partial charge in [0.05, 0.1) is 16.6 Å². The van der Waals surface area contributed by atoms with Gasteiger partial charge < -0.3 is 0 Å². The number of halogens is 3. The van der Waals surface area contributed by atoms with Crippen LogP contribution in [0, 0.1) is 0 Å². The number of rotatable bonds is 2. The molecular formula is C20H16F3N5. The molecule has 142 valence electrons. The summed E-state index contributed by atoms with van der Waals surface area (Å²) in [4.78, 5) is 15.3. The molecule has 5 nitrogen and oxygen atoms in total. The number of anilines is 1. The van der Waals surface area contributed by atoms with Crippen LogP contribution in [0.15, 0.2) is 58.5 Å². The highest BCUT2D eigenvalue weighted by atomic mass is 19.4. The second-order valence-corrected chi connectivity index (χ2v) is 6.91. The molecule has 0 spiro atoms. The van der Waals surface area contributed by atoms with E-state index < -0.39 is 11.7 Å². The molecule has 0 bridgehead atoms. The predicted octanol–water partition coefficient (Wildman–Crippen LogP) is 4.64. The van der Waals surface area contributed by atoms with E-state index in [1.807, 2.05) is 28.8 Å². The molecule has 2 heterocycles. The van der Waals surface area contributed by atoms with E-state index in [1.165, 1.54) is 18.5 Å². The van der Waals surface area contributed by atoms with Crippen LogP contribution in [0.2, 0.25) is 0 Å². The van der Waals surface area contributed by atoms with Gasteiger partial charge in [-0.2, -0.15) is 13.2 Å². The van der Waals surface area contributed by atoms with Crippen molar-refractivity contribution in [1.29, 1.82) is 0 Å². The largest absolute Gasteiger partial charge is 0.416 e. The van der Waals surface area contributed by atoms with Crippen LogP contribution in [0.1, 0.15) is 30.1 Å². The van der Waals surface area contributed by atoms with Gasteiger partial charge in [0.15, 0.2) is 0 Å². The summed E-state index contributed by atoms with van der Waals surface area (Å²) < 4.78 is 40.7. The molecule has 8 heteroatoms. The highest BCUT2D eigenvalue weighted by molar-refractivity contribution is 6.06. The molecule has 2 aliphatic rings. The van der Waals surface area contributed by atoms with Crippen molar-refractivity contribution in [3.8, 4) is 0 Å². The molecule has 1 saturated carbocycles. The van der Waals surface area contributed by atoms with Crippen molar-refractivity contribution in [2.75, 3.05) is 11.6 Å². The van der Waals surface area contributed by atoms with Gasteiger partial charge in [-0.25, -0.2) is 9.98 Å². The molecule has 0 N–H and O–H groups in total. The lowest BCUT2D eigenvalue weighted by Gasteiger charge is -2.28. The second kappa shape index (κ2) is 6.19. The molecule has 3 aromatic rings. The van der Waals surface area contributed by atoms with Gasteiger partial charge in [0.1, 0.15) is 18.8 Å². The Morgan fingerprint density at radius 1 is 0.964 bits per heavy atom. The van der Waals surface area contributed by atoms with E-state index in [4.69, 9.17) is 4.98 Å². The third kappa shape index (κ3) is 2.85. The van der Waals surface area contributed by atoms with Crippen LogP contribution in [0.25, 0.3) is 11.0 Å². The Morgan fingerprint density at radius 2 is 1.71 bits per heavy atom. The summed E-state index contributed by atoms with van der Waals surface area (Å²) >= 11 is 0. The fraction of sp³-hybridized carbons (Fsp3) is 0.250. The first-order chi connectivity index (χ1) is 13.5. The van der Waals surface area contributed by atoms with Gasteiger partial charge in [0.2, 0.25) is 5.96 Å². The molecule has 2 aromatic carbocycles. The van der Waals surface area contributed by atoms with E-state index in [0.717, 1.165) is 41.8 Å². The van der Waals surface area contributed by atoms with Crippen LogP contribution in [-0.2, 0) is 6.18 Å². The highest BCUT2D eigenvalue weighted by Gasteiger charge is 2.33. The molecule has 1 fully saturated rings. The number of para-hydroxylation sites is 2. The molecular weight excluding hydrogens is 367 g/mol. The Balaban J connectivity index is 1.61. The summed E-state index contributed by atoms with van der Waals surface area (Å²) in [5.74, 6) is 1.92. The van der Waals surface area contributed by atoms with Crippen molar-refractivity contribution in [1.82, 2.24) is 9.55 Å². The second-order valence-electron chi connectivity index (χ2n) is 6.91. The Morgan fingerprint density at radius 3 is 2.43 bits per heavy atom. The first-order valence-electron chi connectivity index (χ1n) is 9.01. The molecule has 0 unspecified atom stereocenters. The van der Waals surface area contributed by atoms with Crippen molar-refractivity contribution in [3.63, 3.8) is 0 Å². The third-order valence-electron chi connectivity index (χ3n) is 4.95. The van der Waals surface area contributed by atoms with E-state index in [-0.39, 0.29) is 6.67 Å². The number of benzene rings is 2. The van der Waals surface area contributed by atoms with Gasteiger partial charge in [-0.3, -0.25) is 14.5 Å². The molecule has 0 amide bonds. The predicted molar refractivity (Wildman–Crippen MR) is 102 cm³/mol. The fourth-order valence-electron chi connectivity index (χ4n) is 3.42. The summed E-state index contributed by atoms with van der Waals surface area (Å²) in [6, 6.07) is 12.9. The van der Waals surface area contributed by atoms with E-state index in [2.05, 4.69) is 9.98 Å². The molecule has 1 aliphatic carbocycles. The normalized spacial score (nSPS) is 17.2. The number of imidazole rings is 1. The van der Waals surface area contributed by atoms with Crippen molar-refractivity contribution in [3.05, 3.63) is 59.9 Å². The lowest BCUT2D eigenvalue weighted by molar-refractivity contribution is -0.137. The Bertz CT molecular complexity index is 1090. The van der Waals surface area contributed by atoms with Crippen LogP contribution < -0.4 is 4.90 Å². The lowest BCUT2D eigenvalue weighted by atomic mass is 10.2. The van der Waals surface area contributed by atoms with Gasteiger partial charge in [0.25, 0.3) is 0 Å². The number of hydrogen-bond acceptors (Lipinski definition) is 4. The molecule has 0 atom stereocenters. The summed E-state index contributed by atoms with van der Waals surface area (Å²) in [7, 11) is 0. The van der Waals surface area contributed by atoms with Gasteiger partial charge in [-0.15, -0.1) is 0 Å². The van der Waals surface area contributed by atoms with E-state index >= 15 is 0 Å². The van der Waals surface area contributed by atoms with Gasteiger partial charge in [-0.1, -0.05) is 12.1 Å². The average molecular weight is 383 g/mol. The monoisotopic (exact) mass is 383 g/mol. The van der Waals surface area contributed by atoms with Crippen LogP contribution in [-0.4, -0.2) is 28.5 Å². The highest BCUT2D eigenvalue weighted by Crippen LogP contribution is 2.41. The summed E-state index contributed by atoms with van der Waals surface area (Å²) in [6.07, 6.45) is -0.730. The lowest BCUT2D eigenvalue weighted by Crippen LogP contribution is -2.39. The summed E-state index contributed by atoms with van der Waals surface area (Å²) in [5, 5.41) is 0. The Hall–Kier alpha value is -3.16. The third-order valence-corrected chi connectivity index (χ3v) is 4.95. The van der Waals surface area contributed by atoms with Gasteiger partial charge in [-0.05, 0) is 49.2 Å². The molecule has 1 aliphatic heterocycles. The number of alkyl halides is 3. The molecule has 5 rings (SSSR count). The van der Waals surface area contributed by atoms with E-state index in [9.17, 15) is 13.2 Å². The van der Waals surface area contributed by atoms with Crippen molar-refractivity contribution in [2.24, 2.45) is 9.98 Å². The smallest absolute Gasteiger partial charge is 0.291 e. The minimum Gasteiger partial charge on any atom is -0.291 e.